The minimum Gasteiger partial charge on any atom is -0.436 e. The Morgan fingerprint density at radius 3 is 2.42 bits per heavy atom. The van der Waals surface area contributed by atoms with Gasteiger partial charge in [-0.1, -0.05) is 0 Å². The Balaban J connectivity index is 1.83. The van der Waals surface area contributed by atoms with Gasteiger partial charge >= 0.3 is 0 Å². The van der Waals surface area contributed by atoms with Crippen LogP contribution in [-0.4, -0.2) is 38.0 Å². The summed E-state index contributed by atoms with van der Waals surface area (Å²) in [6.45, 7) is -0.326. The lowest BCUT2D eigenvalue weighted by Crippen LogP contribution is -2.41. The van der Waals surface area contributed by atoms with Crippen LogP contribution in [0.5, 0.6) is 0 Å². The van der Waals surface area contributed by atoms with Gasteiger partial charge in [0.25, 0.3) is 0 Å². The normalized spacial score (nSPS) is 19.4. The third kappa shape index (κ3) is 5.44. The number of nitriles is 1. The Labute approximate surface area is 205 Å². The number of benzene rings is 2. The number of carbonyl (C=O) groups excluding carboxylic acids is 1. The molecule has 1 aliphatic rings. The van der Waals surface area contributed by atoms with Gasteiger partial charge < -0.3 is 9.73 Å². The number of halogens is 3. The van der Waals surface area contributed by atoms with Crippen molar-refractivity contribution in [3.05, 3.63) is 60.0 Å². The molecule has 11 heteroatoms. The predicted octanol–water partition coefficient (Wildman–Crippen LogP) is 4.71. The van der Waals surface area contributed by atoms with Crippen LogP contribution in [0.15, 0.2) is 57.8 Å². The Morgan fingerprint density at radius 2 is 1.81 bits per heavy atom. The highest BCUT2D eigenvalue weighted by Gasteiger charge is 2.47. The molecule has 4 rings (SSSR count). The molecule has 0 radical (unpaired) electrons. The lowest BCUT2D eigenvalue weighted by atomic mass is 9.74. The molecule has 0 aliphatic heterocycles. The van der Waals surface area contributed by atoms with Gasteiger partial charge in [0.2, 0.25) is 17.7 Å². The number of oxazole rings is 1. The summed E-state index contributed by atoms with van der Waals surface area (Å²) in [5.74, 6) is -5.86. The van der Waals surface area contributed by atoms with E-state index >= 15 is 0 Å². The highest BCUT2D eigenvalue weighted by Crippen LogP contribution is 2.48. The van der Waals surface area contributed by atoms with Gasteiger partial charge in [-0.05, 0) is 55.0 Å². The lowest BCUT2D eigenvalue weighted by molar-refractivity contribution is -0.133. The van der Waals surface area contributed by atoms with E-state index in [1.54, 1.807) is 6.07 Å². The summed E-state index contributed by atoms with van der Waals surface area (Å²) in [5, 5.41) is 11.2. The summed E-state index contributed by atoms with van der Waals surface area (Å²) in [4.78, 5) is 17.4. The van der Waals surface area contributed by atoms with E-state index in [1.807, 2.05) is 0 Å². The fraction of sp³-hybridized carbons (Fsp3) is 0.320. The van der Waals surface area contributed by atoms with E-state index in [-0.39, 0.29) is 35.2 Å². The van der Waals surface area contributed by atoms with Crippen LogP contribution in [0, 0.1) is 23.1 Å². The van der Waals surface area contributed by atoms with Crippen molar-refractivity contribution in [2.24, 2.45) is 5.92 Å². The maximum Gasteiger partial charge on any atom is 0.249 e. The van der Waals surface area contributed by atoms with Gasteiger partial charge in [-0.15, -0.1) is 0 Å². The second kappa shape index (κ2) is 9.78. The number of sulfone groups is 1. The smallest absolute Gasteiger partial charge is 0.249 e. The van der Waals surface area contributed by atoms with Crippen LogP contribution in [0.4, 0.5) is 13.2 Å². The number of nitrogens with one attached hydrogen (secondary N) is 1. The first-order valence-electron chi connectivity index (χ1n) is 11.1. The Kier molecular flexibility index (Phi) is 6.91. The fourth-order valence-electron chi connectivity index (χ4n) is 4.35. The summed E-state index contributed by atoms with van der Waals surface area (Å²) in [7, 11) is -3.46. The summed E-state index contributed by atoms with van der Waals surface area (Å²) in [6, 6.07) is 12.9. The van der Waals surface area contributed by atoms with E-state index in [0.29, 0.717) is 11.1 Å². The van der Waals surface area contributed by atoms with Crippen molar-refractivity contribution in [1.29, 1.82) is 5.26 Å². The minimum atomic E-state index is -3.46. The molecule has 1 heterocycles. The molecule has 1 aromatic heterocycles. The van der Waals surface area contributed by atoms with E-state index in [9.17, 15) is 26.4 Å². The molecular formula is C25H22F3N3O4S. The Morgan fingerprint density at radius 1 is 1.17 bits per heavy atom. The zero-order valence-corrected chi connectivity index (χ0v) is 20.0. The first-order valence-corrected chi connectivity index (χ1v) is 13.0. The van der Waals surface area contributed by atoms with E-state index < -0.39 is 52.2 Å². The first-order chi connectivity index (χ1) is 17.0. The predicted molar refractivity (Wildman–Crippen MR) is 124 cm³/mol. The number of rotatable bonds is 6. The number of aromatic nitrogens is 1. The van der Waals surface area contributed by atoms with E-state index in [0.717, 1.165) is 6.26 Å². The molecule has 2 unspecified atom stereocenters. The molecule has 0 saturated heterocycles. The minimum absolute atomic E-state index is 0.0680. The quantitative estimate of drug-likeness (QED) is 0.474. The average Bonchev–Trinajstić information content (AvgIpc) is 3.27. The van der Waals surface area contributed by atoms with Gasteiger partial charge in [0.05, 0.1) is 22.6 Å². The van der Waals surface area contributed by atoms with Crippen molar-refractivity contribution in [2.75, 3.05) is 12.8 Å². The SMILES string of the molecule is CS(=O)(=O)c1ccc(-c2oc(-c3ccc(F)cc3)nc2C2CCC(F)(F)CC2C(=O)NCC#N)cc1. The van der Waals surface area contributed by atoms with Crippen LogP contribution < -0.4 is 5.32 Å². The molecule has 1 saturated carbocycles. The van der Waals surface area contributed by atoms with Crippen LogP contribution in [0.3, 0.4) is 0 Å². The molecule has 7 nitrogen and oxygen atoms in total. The monoisotopic (exact) mass is 517 g/mol. The molecular weight excluding hydrogens is 495 g/mol. The third-order valence-corrected chi connectivity index (χ3v) is 7.27. The zero-order chi connectivity index (χ0) is 26.1. The molecule has 3 aromatic rings. The van der Waals surface area contributed by atoms with Crippen molar-refractivity contribution in [3.63, 3.8) is 0 Å². The van der Waals surface area contributed by atoms with E-state index in [1.165, 1.54) is 48.5 Å². The van der Waals surface area contributed by atoms with Gasteiger partial charge in [-0.25, -0.2) is 26.6 Å². The molecule has 2 atom stereocenters. The highest BCUT2D eigenvalue weighted by molar-refractivity contribution is 7.90. The molecule has 0 bridgehead atoms. The largest absolute Gasteiger partial charge is 0.436 e. The van der Waals surface area contributed by atoms with E-state index in [2.05, 4.69) is 10.3 Å². The number of hydrogen-bond acceptors (Lipinski definition) is 6. The van der Waals surface area contributed by atoms with Crippen LogP contribution in [0.25, 0.3) is 22.8 Å². The molecule has 1 aliphatic carbocycles. The van der Waals surface area contributed by atoms with Crippen LogP contribution in [-0.2, 0) is 14.6 Å². The van der Waals surface area contributed by atoms with Gasteiger partial charge in [0.15, 0.2) is 15.6 Å². The van der Waals surface area contributed by atoms with E-state index in [4.69, 9.17) is 9.68 Å². The molecule has 1 amide bonds. The van der Waals surface area contributed by atoms with Gasteiger partial charge in [0, 0.05) is 36.1 Å². The summed E-state index contributed by atoms with van der Waals surface area (Å²) in [6.07, 6.45) is -0.187. The third-order valence-electron chi connectivity index (χ3n) is 6.14. The van der Waals surface area contributed by atoms with Crippen molar-refractivity contribution >= 4 is 15.7 Å². The summed E-state index contributed by atoms with van der Waals surface area (Å²) >= 11 is 0. The summed E-state index contributed by atoms with van der Waals surface area (Å²) < 4.78 is 71.9. The number of carbonyl (C=O) groups is 1. The Bertz CT molecular complexity index is 1410. The number of alkyl halides is 2. The maximum atomic E-state index is 14.3. The Hall–Kier alpha value is -3.65. The van der Waals surface area contributed by atoms with Crippen LogP contribution >= 0.6 is 0 Å². The number of amides is 1. The standard InChI is InChI=1S/C25H22F3N3O4S/c1-36(33,34)18-8-4-15(5-9-18)22-21(31-24(35-22)16-2-6-17(26)7-3-16)19-10-11-25(27,28)14-20(19)23(32)30-13-12-29/h2-9,19-20H,10-11,13-14H2,1H3,(H,30,32). The highest BCUT2D eigenvalue weighted by atomic mass is 32.2. The second-order valence-corrected chi connectivity index (χ2v) is 10.7. The molecule has 188 valence electrons. The average molecular weight is 518 g/mol. The molecule has 1 fully saturated rings. The van der Waals surface area contributed by atoms with Gasteiger partial charge in [-0.2, -0.15) is 5.26 Å². The number of hydrogen-bond donors (Lipinski definition) is 1. The van der Waals surface area contributed by atoms with Gasteiger partial charge in [-0.3, -0.25) is 4.79 Å². The van der Waals surface area contributed by atoms with Gasteiger partial charge in [0.1, 0.15) is 12.4 Å². The zero-order valence-electron chi connectivity index (χ0n) is 19.2. The van der Waals surface area contributed by atoms with Crippen molar-refractivity contribution < 1.29 is 30.8 Å². The van der Waals surface area contributed by atoms with Crippen molar-refractivity contribution in [1.82, 2.24) is 10.3 Å². The number of nitrogens with zero attached hydrogens (tertiary/aromatic N) is 2. The second-order valence-electron chi connectivity index (χ2n) is 8.72. The maximum absolute atomic E-state index is 14.3. The molecule has 36 heavy (non-hydrogen) atoms. The lowest BCUT2D eigenvalue weighted by Gasteiger charge is -2.34. The van der Waals surface area contributed by atoms with Crippen molar-refractivity contribution in [3.8, 4) is 28.8 Å². The molecule has 0 spiro atoms. The molecule has 1 N–H and O–H groups in total. The van der Waals surface area contributed by atoms with Crippen LogP contribution in [0.2, 0.25) is 0 Å². The van der Waals surface area contributed by atoms with Crippen molar-refractivity contribution in [2.45, 2.75) is 36.0 Å². The van der Waals surface area contributed by atoms with Crippen LogP contribution in [0.1, 0.15) is 30.9 Å². The first kappa shape index (κ1) is 25.4. The molecule has 2 aromatic carbocycles. The topological polar surface area (TPSA) is 113 Å². The fourth-order valence-corrected chi connectivity index (χ4v) is 4.98. The summed E-state index contributed by atoms with van der Waals surface area (Å²) in [5.41, 5.74) is 1.13.